The van der Waals surface area contributed by atoms with Gasteiger partial charge < -0.3 is 34.6 Å². The van der Waals surface area contributed by atoms with Gasteiger partial charge in [-0.3, -0.25) is 0 Å². The van der Waals surface area contributed by atoms with Crippen LogP contribution in [0.25, 0.3) is 0 Å². The molecular formula is C30H33ClO7. The molecule has 6 atom stereocenters. The van der Waals surface area contributed by atoms with Gasteiger partial charge in [0.2, 0.25) is 0 Å². The smallest absolute Gasteiger partial charge is 0.125 e. The van der Waals surface area contributed by atoms with Crippen molar-refractivity contribution in [2.75, 3.05) is 13.2 Å². The van der Waals surface area contributed by atoms with Crippen LogP contribution in [-0.2, 0) is 28.1 Å². The maximum absolute atomic E-state index is 10.5. The van der Waals surface area contributed by atoms with Crippen molar-refractivity contribution < 1.29 is 34.6 Å². The fourth-order valence-electron chi connectivity index (χ4n) is 5.46. The van der Waals surface area contributed by atoms with E-state index in [1.807, 2.05) is 30.3 Å². The molecular weight excluding hydrogens is 508 g/mol. The molecule has 0 amide bonds. The summed E-state index contributed by atoms with van der Waals surface area (Å²) in [6.45, 7) is 4.66. The van der Waals surface area contributed by atoms with Crippen LogP contribution < -0.4 is 4.74 Å². The molecule has 2 aliphatic heterocycles. The highest BCUT2D eigenvalue weighted by Crippen LogP contribution is 2.39. The van der Waals surface area contributed by atoms with E-state index in [9.17, 15) is 20.4 Å². The van der Waals surface area contributed by atoms with Crippen molar-refractivity contribution in [2.45, 2.75) is 63.0 Å². The van der Waals surface area contributed by atoms with Gasteiger partial charge in [0.1, 0.15) is 48.5 Å². The van der Waals surface area contributed by atoms with E-state index in [1.165, 1.54) is 16.7 Å². The van der Waals surface area contributed by atoms with E-state index in [1.54, 1.807) is 12.1 Å². The first kappa shape index (κ1) is 27.1. The van der Waals surface area contributed by atoms with Crippen molar-refractivity contribution in [1.82, 2.24) is 0 Å². The predicted octanol–water partition coefficient (Wildman–Crippen LogP) is 3.58. The zero-order valence-electron chi connectivity index (χ0n) is 21.4. The molecule has 0 aromatic heterocycles. The fraction of sp³-hybridized carbons (Fsp3) is 0.400. The van der Waals surface area contributed by atoms with Crippen LogP contribution in [0.1, 0.15) is 46.4 Å². The molecule has 0 saturated carbocycles. The number of hydrogen-bond acceptors (Lipinski definition) is 7. The Hall–Kier alpha value is -2.49. The van der Waals surface area contributed by atoms with Crippen LogP contribution in [-0.4, -0.2) is 58.1 Å². The summed E-state index contributed by atoms with van der Waals surface area (Å²) < 4.78 is 17.9. The summed E-state index contributed by atoms with van der Waals surface area (Å²) in [5.74, 6) is 0.738. The Morgan fingerprint density at radius 3 is 2.50 bits per heavy atom. The minimum atomic E-state index is -1.44. The van der Waals surface area contributed by atoms with Gasteiger partial charge in [0.05, 0.1) is 13.2 Å². The zero-order valence-corrected chi connectivity index (χ0v) is 22.1. The van der Waals surface area contributed by atoms with Crippen molar-refractivity contribution in [3.63, 3.8) is 0 Å². The summed E-state index contributed by atoms with van der Waals surface area (Å²) in [7, 11) is 0. The summed E-state index contributed by atoms with van der Waals surface area (Å²) in [5, 5.41) is 40.8. The number of benzene rings is 3. The van der Waals surface area contributed by atoms with E-state index in [0.29, 0.717) is 30.2 Å². The van der Waals surface area contributed by atoms with E-state index < -0.39 is 42.7 Å². The van der Waals surface area contributed by atoms with Crippen molar-refractivity contribution in [1.29, 1.82) is 0 Å². The first-order chi connectivity index (χ1) is 18.2. The Bertz CT molecular complexity index is 1280. The first-order valence-corrected chi connectivity index (χ1v) is 13.1. The topological polar surface area (TPSA) is 109 Å². The van der Waals surface area contributed by atoms with Crippen LogP contribution in [0.2, 0.25) is 5.02 Å². The number of aliphatic hydroxyl groups is 4. The number of ether oxygens (including phenoxy) is 3. The van der Waals surface area contributed by atoms with Gasteiger partial charge in [-0.1, -0.05) is 54.1 Å². The predicted molar refractivity (Wildman–Crippen MR) is 142 cm³/mol. The molecule has 0 spiro atoms. The van der Waals surface area contributed by atoms with Gasteiger partial charge in [-0.25, -0.2) is 0 Å². The van der Waals surface area contributed by atoms with Crippen molar-refractivity contribution in [3.05, 3.63) is 99.1 Å². The third kappa shape index (κ3) is 5.20. The van der Waals surface area contributed by atoms with Crippen LogP contribution in [0.15, 0.2) is 60.7 Å². The van der Waals surface area contributed by atoms with Crippen LogP contribution in [0.4, 0.5) is 0 Å². The van der Waals surface area contributed by atoms with Crippen molar-refractivity contribution >= 4 is 11.6 Å². The molecule has 2 aliphatic rings. The minimum Gasteiger partial charge on any atom is -0.490 e. The molecule has 2 heterocycles. The second-order valence-corrected chi connectivity index (χ2v) is 10.7. The number of fused-ring (bicyclic) bond motifs is 1. The average Bonchev–Trinajstić information content (AvgIpc) is 3.26. The maximum atomic E-state index is 10.5. The summed E-state index contributed by atoms with van der Waals surface area (Å²) in [6.07, 6.45) is -5.55. The molecule has 7 nitrogen and oxygen atoms in total. The summed E-state index contributed by atoms with van der Waals surface area (Å²) in [4.78, 5) is 0. The zero-order chi connectivity index (χ0) is 27.0. The summed E-state index contributed by atoms with van der Waals surface area (Å²) in [6, 6.07) is 19.3. The van der Waals surface area contributed by atoms with Crippen molar-refractivity contribution in [2.24, 2.45) is 0 Å². The molecule has 5 rings (SSSR count). The van der Waals surface area contributed by atoms with E-state index in [2.05, 4.69) is 32.0 Å². The second-order valence-electron chi connectivity index (χ2n) is 10.3. The average molecular weight is 541 g/mol. The highest BCUT2D eigenvalue weighted by atomic mass is 35.5. The number of hydrogen-bond donors (Lipinski definition) is 4. The molecule has 0 aliphatic carbocycles. The second kappa shape index (κ2) is 10.9. The van der Waals surface area contributed by atoms with Crippen LogP contribution in [0, 0.1) is 6.92 Å². The third-order valence-corrected chi connectivity index (χ3v) is 7.93. The Labute approximate surface area is 227 Å². The fourth-order valence-corrected chi connectivity index (χ4v) is 5.64. The van der Waals surface area contributed by atoms with Crippen LogP contribution >= 0.6 is 11.6 Å². The quantitative estimate of drug-likeness (QED) is 0.363. The van der Waals surface area contributed by atoms with Gasteiger partial charge >= 0.3 is 0 Å². The Morgan fingerprint density at radius 1 is 1.00 bits per heavy atom. The van der Waals surface area contributed by atoms with Crippen molar-refractivity contribution in [3.8, 4) is 5.75 Å². The van der Waals surface area contributed by atoms with E-state index >= 15 is 0 Å². The number of halogens is 1. The highest BCUT2D eigenvalue weighted by Gasteiger charge is 2.44. The standard InChI is InChI=1S/C30H33ClO7/c1-17-4-3-5-20-15-37-30(2,25(17)20)16-36-22-9-6-18(7-10-22)12-21-13-19(8-11-23(21)31)29-28(35)27(34)26(33)24(14-32)38-29/h3-11,13,24,26-29,32-35H,12,14-16H2,1-2H3/t24-,26-,27+,28-,29+,30?/m1/s1. The Balaban J connectivity index is 1.27. The molecule has 3 aromatic rings. The van der Waals surface area contributed by atoms with Crippen LogP contribution in [0.3, 0.4) is 0 Å². The maximum Gasteiger partial charge on any atom is 0.125 e. The van der Waals surface area contributed by atoms with Gasteiger partial charge in [-0.05, 0) is 71.8 Å². The lowest BCUT2D eigenvalue weighted by atomic mass is 9.90. The molecule has 0 bridgehead atoms. The normalized spacial score (nSPS) is 28.8. The summed E-state index contributed by atoms with van der Waals surface area (Å²) >= 11 is 6.48. The molecule has 3 aromatic carbocycles. The van der Waals surface area contributed by atoms with Gasteiger partial charge in [0.25, 0.3) is 0 Å². The van der Waals surface area contributed by atoms with Crippen LogP contribution in [0.5, 0.6) is 5.75 Å². The van der Waals surface area contributed by atoms with E-state index in [0.717, 1.165) is 16.9 Å². The van der Waals surface area contributed by atoms with Gasteiger partial charge in [0.15, 0.2) is 0 Å². The molecule has 8 heteroatoms. The number of aryl methyl sites for hydroxylation is 1. The lowest BCUT2D eigenvalue weighted by Crippen LogP contribution is -2.55. The molecule has 1 unspecified atom stereocenters. The summed E-state index contributed by atoms with van der Waals surface area (Å²) in [5.41, 5.74) is 5.52. The molecule has 202 valence electrons. The molecule has 4 N–H and O–H groups in total. The lowest BCUT2D eigenvalue weighted by Gasteiger charge is -2.40. The monoisotopic (exact) mass is 540 g/mol. The van der Waals surface area contributed by atoms with E-state index in [-0.39, 0.29) is 0 Å². The molecule has 38 heavy (non-hydrogen) atoms. The SMILES string of the molecule is Cc1cccc2c1C(C)(COc1ccc(Cc3cc([C@@H]4O[C@H](CO)[C@@H](O)[C@H](O)[C@H]4O)ccc3Cl)cc1)OC2. The van der Waals surface area contributed by atoms with E-state index in [4.69, 9.17) is 25.8 Å². The molecule has 0 radical (unpaired) electrons. The Morgan fingerprint density at radius 2 is 1.76 bits per heavy atom. The van der Waals surface area contributed by atoms with Gasteiger partial charge in [0, 0.05) is 5.02 Å². The van der Waals surface area contributed by atoms with Gasteiger partial charge in [-0.2, -0.15) is 0 Å². The largest absolute Gasteiger partial charge is 0.490 e. The molecule has 1 saturated heterocycles. The third-order valence-electron chi connectivity index (χ3n) is 7.56. The number of aliphatic hydroxyl groups excluding tert-OH is 4. The minimum absolute atomic E-state index is 0.400. The highest BCUT2D eigenvalue weighted by molar-refractivity contribution is 6.31. The Kier molecular flexibility index (Phi) is 7.80. The number of rotatable bonds is 7. The lowest BCUT2D eigenvalue weighted by molar-refractivity contribution is -0.231. The first-order valence-electron chi connectivity index (χ1n) is 12.7. The molecule has 1 fully saturated rings. The van der Waals surface area contributed by atoms with Gasteiger partial charge in [-0.15, -0.1) is 0 Å².